The van der Waals surface area contributed by atoms with Gasteiger partial charge in [0.05, 0.1) is 0 Å². The Morgan fingerprint density at radius 2 is 2.31 bits per heavy atom. The Balaban J connectivity index is 2.56. The van der Waals surface area contributed by atoms with Gasteiger partial charge < -0.3 is 5.73 Å². The summed E-state index contributed by atoms with van der Waals surface area (Å²) < 4.78 is 0. The average molecular weight is 174 g/mol. The zero-order valence-corrected chi connectivity index (χ0v) is 7.16. The SMILES string of the molecule is NC1=NCCc2ccc(C=O)cc21. The highest BCUT2D eigenvalue weighted by atomic mass is 16.1. The predicted molar refractivity (Wildman–Crippen MR) is 51.1 cm³/mol. The number of amidine groups is 1. The molecule has 0 radical (unpaired) electrons. The van der Waals surface area contributed by atoms with Gasteiger partial charge in [0.1, 0.15) is 12.1 Å². The number of carbonyl (C=O) groups is 1. The minimum atomic E-state index is 0.546. The maximum absolute atomic E-state index is 10.5. The fraction of sp³-hybridized carbons (Fsp3) is 0.200. The smallest absolute Gasteiger partial charge is 0.150 e. The minimum Gasteiger partial charge on any atom is -0.383 e. The molecule has 1 heterocycles. The number of nitrogens with zero attached hydrogens (tertiary/aromatic N) is 1. The van der Waals surface area contributed by atoms with E-state index in [-0.39, 0.29) is 0 Å². The molecule has 1 aliphatic rings. The van der Waals surface area contributed by atoms with Gasteiger partial charge >= 0.3 is 0 Å². The molecule has 1 aliphatic heterocycles. The van der Waals surface area contributed by atoms with Crippen LogP contribution in [0.2, 0.25) is 0 Å². The molecule has 0 aliphatic carbocycles. The van der Waals surface area contributed by atoms with Crippen LogP contribution >= 0.6 is 0 Å². The van der Waals surface area contributed by atoms with Crippen LogP contribution in [0.15, 0.2) is 23.2 Å². The molecule has 1 aromatic carbocycles. The molecule has 0 fully saturated rings. The van der Waals surface area contributed by atoms with E-state index in [0.717, 1.165) is 24.8 Å². The van der Waals surface area contributed by atoms with Crippen molar-refractivity contribution in [1.29, 1.82) is 0 Å². The van der Waals surface area contributed by atoms with Gasteiger partial charge in [0.2, 0.25) is 0 Å². The van der Waals surface area contributed by atoms with Crippen molar-refractivity contribution in [2.24, 2.45) is 10.7 Å². The fourth-order valence-electron chi connectivity index (χ4n) is 1.51. The summed E-state index contributed by atoms with van der Waals surface area (Å²) in [5.74, 6) is 0.546. The van der Waals surface area contributed by atoms with Crippen LogP contribution in [-0.2, 0) is 6.42 Å². The monoisotopic (exact) mass is 174 g/mol. The first kappa shape index (κ1) is 7.98. The largest absolute Gasteiger partial charge is 0.383 e. The fourth-order valence-corrected chi connectivity index (χ4v) is 1.51. The highest BCUT2D eigenvalue weighted by Crippen LogP contribution is 2.15. The lowest BCUT2D eigenvalue weighted by molar-refractivity contribution is 0.112. The van der Waals surface area contributed by atoms with Crippen molar-refractivity contribution < 1.29 is 4.79 Å². The number of hydrogen-bond acceptors (Lipinski definition) is 3. The van der Waals surface area contributed by atoms with Gasteiger partial charge in [-0.25, -0.2) is 0 Å². The molecule has 13 heavy (non-hydrogen) atoms. The van der Waals surface area contributed by atoms with Crippen LogP contribution < -0.4 is 5.73 Å². The molecule has 0 saturated carbocycles. The number of rotatable bonds is 1. The highest BCUT2D eigenvalue weighted by molar-refractivity contribution is 6.00. The summed E-state index contributed by atoms with van der Waals surface area (Å²) in [6, 6.07) is 5.55. The topological polar surface area (TPSA) is 55.4 Å². The third-order valence-corrected chi connectivity index (χ3v) is 2.21. The Morgan fingerprint density at radius 1 is 1.46 bits per heavy atom. The molecule has 0 atom stereocenters. The Kier molecular flexibility index (Phi) is 1.85. The second-order valence-corrected chi connectivity index (χ2v) is 3.05. The molecule has 0 bridgehead atoms. The third kappa shape index (κ3) is 1.33. The number of benzene rings is 1. The Morgan fingerprint density at radius 3 is 3.08 bits per heavy atom. The van der Waals surface area contributed by atoms with E-state index in [4.69, 9.17) is 5.73 Å². The molecule has 2 N–H and O–H groups in total. The van der Waals surface area contributed by atoms with Crippen molar-refractivity contribution in [3.05, 3.63) is 34.9 Å². The summed E-state index contributed by atoms with van der Waals surface area (Å²) in [5.41, 5.74) is 8.45. The van der Waals surface area contributed by atoms with Crippen LogP contribution in [-0.4, -0.2) is 18.7 Å². The molecular formula is C10H10N2O. The van der Waals surface area contributed by atoms with Crippen molar-refractivity contribution in [3.63, 3.8) is 0 Å². The molecule has 2 rings (SSSR count). The maximum Gasteiger partial charge on any atom is 0.150 e. The van der Waals surface area contributed by atoms with E-state index in [1.165, 1.54) is 5.56 Å². The summed E-state index contributed by atoms with van der Waals surface area (Å²) in [5, 5.41) is 0. The van der Waals surface area contributed by atoms with Crippen molar-refractivity contribution in [1.82, 2.24) is 0 Å². The van der Waals surface area contributed by atoms with Gasteiger partial charge in [-0.3, -0.25) is 9.79 Å². The predicted octanol–water partition coefficient (Wildman–Crippen LogP) is 0.760. The van der Waals surface area contributed by atoms with Gasteiger partial charge in [-0.1, -0.05) is 12.1 Å². The van der Waals surface area contributed by atoms with Gasteiger partial charge in [-0.2, -0.15) is 0 Å². The summed E-state index contributed by atoms with van der Waals surface area (Å²) in [6.45, 7) is 0.749. The summed E-state index contributed by atoms with van der Waals surface area (Å²) in [7, 11) is 0. The van der Waals surface area contributed by atoms with Crippen molar-refractivity contribution in [3.8, 4) is 0 Å². The summed E-state index contributed by atoms with van der Waals surface area (Å²) >= 11 is 0. The highest BCUT2D eigenvalue weighted by Gasteiger charge is 2.11. The van der Waals surface area contributed by atoms with Crippen LogP contribution in [0, 0.1) is 0 Å². The zero-order valence-electron chi connectivity index (χ0n) is 7.16. The van der Waals surface area contributed by atoms with Crippen molar-refractivity contribution in [2.45, 2.75) is 6.42 Å². The normalized spacial score (nSPS) is 14.6. The lowest BCUT2D eigenvalue weighted by atomic mass is 9.99. The zero-order chi connectivity index (χ0) is 9.26. The first-order chi connectivity index (χ1) is 6.31. The van der Waals surface area contributed by atoms with Gasteiger partial charge in [0.25, 0.3) is 0 Å². The lowest BCUT2D eigenvalue weighted by Gasteiger charge is -2.13. The van der Waals surface area contributed by atoms with E-state index in [2.05, 4.69) is 4.99 Å². The number of aldehydes is 1. The van der Waals surface area contributed by atoms with E-state index in [1.54, 1.807) is 6.07 Å². The van der Waals surface area contributed by atoms with Crippen LogP contribution in [0.4, 0.5) is 0 Å². The van der Waals surface area contributed by atoms with E-state index >= 15 is 0 Å². The molecule has 0 unspecified atom stereocenters. The molecule has 0 amide bonds. The quantitative estimate of drug-likeness (QED) is 0.639. The Labute approximate surface area is 76.3 Å². The standard InChI is InChI=1S/C10H10N2O/c11-10-9-5-7(6-13)1-2-8(9)3-4-12-10/h1-2,5-6H,3-4H2,(H2,11,12). The van der Waals surface area contributed by atoms with Crippen LogP contribution in [0.5, 0.6) is 0 Å². The van der Waals surface area contributed by atoms with E-state index in [1.807, 2.05) is 12.1 Å². The maximum atomic E-state index is 10.5. The van der Waals surface area contributed by atoms with Crippen molar-refractivity contribution >= 4 is 12.1 Å². The van der Waals surface area contributed by atoms with E-state index < -0.39 is 0 Å². The molecule has 3 heteroatoms. The van der Waals surface area contributed by atoms with Crippen LogP contribution in [0.1, 0.15) is 21.5 Å². The number of carbonyl (C=O) groups excluding carboxylic acids is 1. The van der Waals surface area contributed by atoms with Gasteiger partial charge in [-0.15, -0.1) is 0 Å². The van der Waals surface area contributed by atoms with Crippen LogP contribution in [0.25, 0.3) is 0 Å². The van der Waals surface area contributed by atoms with Gasteiger partial charge in [0, 0.05) is 17.7 Å². The number of nitrogens with two attached hydrogens (primary N) is 1. The second-order valence-electron chi connectivity index (χ2n) is 3.05. The second kappa shape index (κ2) is 3.01. The molecule has 3 nitrogen and oxygen atoms in total. The number of aliphatic imine (C=N–C) groups is 1. The Bertz CT molecular complexity index is 383. The first-order valence-electron chi connectivity index (χ1n) is 4.19. The number of fused-ring (bicyclic) bond motifs is 1. The molecule has 66 valence electrons. The Hall–Kier alpha value is -1.64. The average Bonchev–Trinajstić information content (AvgIpc) is 2.18. The van der Waals surface area contributed by atoms with Gasteiger partial charge in [0.15, 0.2) is 0 Å². The van der Waals surface area contributed by atoms with Crippen molar-refractivity contribution in [2.75, 3.05) is 6.54 Å². The minimum absolute atomic E-state index is 0.546. The molecule has 0 aromatic heterocycles. The first-order valence-corrected chi connectivity index (χ1v) is 4.19. The van der Waals surface area contributed by atoms with E-state index in [9.17, 15) is 4.79 Å². The molecule has 1 aromatic rings. The summed E-state index contributed by atoms with van der Waals surface area (Å²) in [6.07, 6.45) is 1.73. The van der Waals surface area contributed by atoms with Crippen LogP contribution in [0.3, 0.4) is 0 Å². The summed E-state index contributed by atoms with van der Waals surface area (Å²) in [4.78, 5) is 14.6. The molecular weight excluding hydrogens is 164 g/mol. The van der Waals surface area contributed by atoms with E-state index in [0.29, 0.717) is 11.4 Å². The lowest BCUT2D eigenvalue weighted by Crippen LogP contribution is -2.21. The molecule has 0 spiro atoms. The van der Waals surface area contributed by atoms with Gasteiger partial charge in [-0.05, 0) is 18.1 Å². The third-order valence-electron chi connectivity index (χ3n) is 2.21. The number of hydrogen-bond donors (Lipinski definition) is 1. The molecule has 0 saturated heterocycles.